The van der Waals surface area contributed by atoms with Gasteiger partial charge in [-0.2, -0.15) is 5.26 Å². The molecular weight excluding hydrogens is 204 g/mol. The molecule has 0 atom stereocenters. The standard InChI is InChI=1S/C12H14N2O2/c1-3-14(8-11(15)16)12-9(2)5-4-6-10(12)7-13/h4-6H,3,8H2,1-2H3,(H,15,16). The molecule has 0 unspecified atom stereocenters. The number of rotatable bonds is 4. The molecule has 1 rings (SSSR count). The lowest BCUT2D eigenvalue weighted by molar-refractivity contribution is -0.135. The van der Waals surface area contributed by atoms with E-state index in [1.54, 1.807) is 17.0 Å². The summed E-state index contributed by atoms with van der Waals surface area (Å²) in [6.07, 6.45) is 0. The molecule has 4 heteroatoms. The van der Waals surface area contributed by atoms with E-state index in [4.69, 9.17) is 10.4 Å². The van der Waals surface area contributed by atoms with Crippen LogP contribution in [-0.4, -0.2) is 24.2 Å². The van der Waals surface area contributed by atoms with Crippen LogP contribution in [-0.2, 0) is 4.79 Å². The van der Waals surface area contributed by atoms with Gasteiger partial charge < -0.3 is 10.0 Å². The molecular formula is C12H14N2O2. The number of anilines is 1. The van der Waals surface area contributed by atoms with Crippen LogP contribution in [0.15, 0.2) is 18.2 Å². The third-order valence-electron chi connectivity index (χ3n) is 2.38. The molecule has 0 saturated carbocycles. The molecule has 16 heavy (non-hydrogen) atoms. The van der Waals surface area contributed by atoms with Gasteiger partial charge in [0.25, 0.3) is 0 Å². The Morgan fingerprint density at radius 1 is 1.56 bits per heavy atom. The summed E-state index contributed by atoms with van der Waals surface area (Å²) in [7, 11) is 0. The fourth-order valence-corrected chi connectivity index (χ4v) is 1.68. The van der Waals surface area contributed by atoms with Crippen molar-refractivity contribution in [2.45, 2.75) is 13.8 Å². The van der Waals surface area contributed by atoms with Crippen LogP contribution in [0.25, 0.3) is 0 Å². The summed E-state index contributed by atoms with van der Waals surface area (Å²) in [6.45, 7) is 4.22. The van der Waals surface area contributed by atoms with E-state index < -0.39 is 5.97 Å². The van der Waals surface area contributed by atoms with Crippen molar-refractivity contribution in [1.29, 1.82) is 5.26 Å². The third-order valence-corrected chi connectivity index (χ3v) is 2.38. The van der Waals surface area contributed by atoms with Crippen LogP contribution in [0.4, 0.5) is 5.69 Å². The van der Waals surface area contributed by atoms with E-state index >= 15 is 0 Å². The fraction of sp³-hybridized carbons (Fsp3) is 0.333. The summed E-state index contributed by atoms with van der Waals surface area (Å²) in [5, 5.41) is 17.8. The molecule has 0 radical (unpaired) electrons. The monoisotopic (exact) mass is 218 g/mol. The van der Waals surface area contributed by atoms with Crippen molar-refractivity contribution in [1.82, 2.24) is 0 Å². The number of nitriles is 1. The molecule has 0 aliphatic heterocycles. The molecule has 0 amide bonds. The molecule has 1 aromatic carbocycles. The Kier molecular flexibility index (Phi) is 3.90. The van der Waals surface area contributed by atoms with E-state index in [2.05, 4.69) is 6.07 Å². The van der Waals surface area contributed by atoms with E-state index in [1.165, 1.54) is 0 Å². The SMILES string of the molecule is CCN(CC(=O)O)c1c(C)cccc1C#N. The molecule has 1 N–H and O–H groups in total. The second kappa shape index (κ2) is 5.17. The van der Waals surface area contributed by atoms with Crippen LogP contribution in [0.3, 0.4) is 0 Å². The van der Waals surface area contributed by atoms with Crippen molar-refractivity contribution in [2.24, 2.45) is 0 Å². The number of aryl methyl sites for hydroxylation is 1. The van der Waals surface area contributed by atoms with Crippen LogP contribution in [0.1, 0.15) is 18.1 Å². The quantitative estimate of drug-likeness (QED) is 0.836. The van der Waals surface area contributed by atoms with Gasteiger partial charge in [-0.05, 0) is 25.5 Å². The second-order valence-corrected chi connectivity index (χ2v) is 3.49. The molecule has 0 aliphatic carbocycles. The summed E-state index contributed by atoms with van der Waals surface area (Å²) < 4.78 is 0. The average Bonchev–Trinajstić information content (AvgIpc) is 2.25. The first-order valence-electron chi connectivity index (χ1n) is 5.06. The van der Waals surface area contributed by atoms with Gasteiger partial charge in [0.1, 0.15) is 12.6 Å². The van der Waals surface area contributed by atoms with Gasteiger partial charge in [0.2, 0.25) is 0 Å². The molecule has 0 heterocycles. The molecule has 0 fully saturated rings. The molecule has 0 aliphatic rings. The normalized spacial score (nSPS) is 9.56. The van der Waals surface area contributed by atoms with E-state index in [0.717, 1.165) is 11.3 Å². The third kappa shape index (κ3) is 2.51. The molecule has 0 bridgehead atoms. The largest absolute Gasteiger partial charge is 0.480 e. The summed E-state index contributed by atoms with van der Waals surface area (Å²) >= 11 is 0. The van der Waals surface area contributed by atoms with Crippen molar-refractivity contribution < 1.29 is 9.90 Å². The molecule has 0 spiro atoms. The van der Waals surface area contributed by atoms with Gasteiger partial charge in [0, 0.05) is 6.54 Å². The van der Waals surface area contributed by atoms with Crippen LogP contribution in [0.5, 0.6) is 0 Å². The number of carboxylic acid groups (broad SMARTS) is 1. The zero-order valence-electron chi connectivity index (χ0n) is 9.40. The number of hydrogen-bond acceptors (Lipinski definition) is 3. The summed E-state index contributed by atoms with van der Waals surface area (Å²) in [4.78, 5) is 12.4. The van der Waals surface area contributed by atoms with Gasteiger partial charge in [0.05, 0.1) is 11.3 Å². The highest BCUT2D eigenvalue weighted by Gasteiger charge is 2.14. The van der Waals surface area contributed by atoms with E-state index in [9.17, 15) is 4.79 Å². The van der Waals surface area contributed by atoms with Gasteiger partial charge in [0.15, 0.2) is 0 Å². The van der Waals surface area contributed by atoms with Gasteiger partial charge in [-0.15, -0.1) is 0 Å². The number of hydrogen-bond donors (Lipinski definition) is 1. The molecule has 0 saturated heterocycles. The number of nitrogens with zero attached hydrogens (tertiary/aromatic N) is 2. The zero-order valence-corrected chi connectivity index (χ0v) is 9.40. The number of aliphatic carboxylic acids is 1. The number of carbonyl (C=O) groups is 1. The highest BCUT2D eigenvalue weighted by atomic mass is 16.4. The highest BCUT2D eigenvalue weighted by Crippen LogP contribution is 2.24. The lowest BCUT2D eigenvalue weighted by Crippen LogP contribution is -2.30. The molecule has 4 nitrogen and oxygen atoms in total. The Morgan fingerprint density at radius 2 is 2.25 bits per heavy atom. The Balaban J connectivity index is 3.18. The second-order valence-electron chi connectivity index (χ2n) is 3.49. The Labute approximate surface area is 94.7 Å². The predicted molar refractivity (Wildman–Crippen MR) is 61.4 cm³/mol. The minimum absolute atomic E-state index is 0.0873. The molecule has 0 aromatic heterocycles. The van der Waals surface area contributed by atoms with Gasteiger partial charge in [-0.3, -0.25) is 4.79 Å². The maximum atomic E-state index is 10.7. The lowest BCUT2D eigenvalue weighted by Gasteiger charge is -2.23. The Bertz CT molecular complexity index is 435. The number of benzene rings is 1. The lowest BCUT2D eigenvalue weighted by atomic mass is 10.1. The van der Waals surface area contributed by atoms with Crippen molar-refractivity contribution in [2.75, 3.05) is 18.0 Å². The van der Waals surface area contributed by atoms with E-state index in [-0.39, 0.29) is 6.54 Å². The van der Waals surface area contributed by atoms with Crippen LogP contribution in [0, 0.1) is 18.3 Å². The van der Waals surface area contributed by atoms with Gasteiger partial charge in [-0.1, -0.05) is 12.1 Å². The summed E-state index contributed by atoms with van der Waals surface area (Å²) in [5.74, 6) is -0.894. The van der Waals surface area contributed by atoms with E-state index in [1.807, 2.05) is 19.9 Å². The smallest absolute Gasteiger partial charge is 0.323 e. The number of likely N-dealkylation sites (N-methyl/N-ethyl adjacent to an activating group) is 1. The van der Waals surface area contributed by atoms with Crippen LogP contribution in [0.2, 0.25) is 0 Å². The van der Waals surface area contributed by atoms with E-state index in [0.29, 0.717) is 12.1 Å². The van der Waals surface area contributed by atoms with Crippen LogP contribution < -0.4 is 4.90 Å². The van der Waals surface area contributed by atoms with Crippen molar-refractivity contribution >= 4 is 11.7 Å². The van der Waals surface area contributed by atoms with Crippen molar-refractivity contribution in [3.05, 3.63) is 29.3 Å². The first-order chi connectivity index (χ1) is 7.60. The Morgan fingerprint density at radius 3 is 2.75 bits per heavy atom. The predicted octanol–water partition coefficient (Wildman–Crippen LogP) is 1.78. The van der Waals surface area contributed by atoms with Gasteiger partial charge in [-0.25, -0.2) is 0 Å². The zero-order chi connectivity index (χ0) is 12.1. The summed E-state index contributed by atoms with van der Waals surface area (Å²) in [5.41, 5.74) is 2.15. The first-order valence-corrected chi connectivity index (χ1v) is 5.06. The van der Waals surface area contributed by atoms with Gasteiger partial charge >= 0.3 is 5.97 Å². The maximum Gasteiger partial charge on any atom is 0.323 e. The highest BCUT2D eigenvalue weighted by molar-refractivity contribution is 5.76. The minimum Gasteiger partial charge on any atom is -0.480 e. The number of para-hydroxylation sites is 1. The summed E-state index contributed by atoms with van der Waals surface area (Å²) in [6, 6.07) is 7.46. The molecule has 84 valence electrons. The van der Waals surface area contributed by atoms with Crippen molar-refractivity contribution in [3.63, 3.8) is 0 Å². The molecule has 1 aromatic rings. The average molecular weight is 218 g/mol. The van der Waals surface area contributed by atoms with Crippen LogP contribution >= 0.6 is 0 Å². The van der Waals surface area contributed by atoms with Crippen molar-refractivity contribution in [3.8, 4) is 6.07 Å². The topological polar surface area (TPSA) is 64.3 Å². The fourth-order valence-electron chi connectivity index (χ4n) is 1.68. The number of carboxylic acids is 1. The first kappa shape index (κ1) is 12.1. The minimum atomic E-state index is -0.894. The Hall–Kier alpha value is -2.02. The maximum absolute atomic E-state index is 10.7.